The summed E-state index contributed by atoms with van der Waals surface area (Å²) in [6, 6.07) is 3.26. The summed E-state index contributed by atoms with van der Waals surface area (Å²) in [7, 11) is 0. The van der Waals surface area contributed by atoms with Crippen LogP contribution in [0, 0.1) is 5.82 Å². The molecule has 2 nitrogen and oxygen atoms in total. The van der Waals surface area contributed by atoms with Crippen LogP contribution in [0.2, 0.25) is 5.02 Å². The Morgan fingerprint density at radius 3 is 2.79 bits per heavy atom. The fraction of sp³-hybridized carbons (Fsp3) is 0.500. The molecular weight excluding hydrogens is 286 g/mol. The number of halogens is 3. The largest absolute Gasteiger partial charge is 0.324 e. The Labute approximate surface area is 122 Å². The number of benzene rings is 1. The molecule has 0 fully saturated rings. The lowest BCUT2D eigenvalue weighted by molar-refractivity contribution is 0.485. The number of alkyl halides is 1. The average molecular weight is 303 g/mol. The van der Waals surface area contributed by atoms with E-state index in [0.29, 0.717) is 11.4 Å². The van der Waals surface area contributed by atoms with Crippen LogP contribution in [0.25, 0.3) is 11.0 Å². The van der Waals surface area contributed by atoms with Crippen molar-refractivity contribution in [2.24, 2.45) is 0 Å². The zero-order valence-corrected chi connectivity index (χ0v) is 12.6. The van der Waals surface area contributed by atoms with E-state index in [1.165, 1.54) is 6.07 Å². The number of nitrogens with zero attached hydrogens (tertiary/aromatic N) is 2. The minimum absolute atomic E-state index is 0.0967. The van der Waals surface area contributed by atoms with E-state index in [1.54, 1.807) is 6.07 Å². The van der Waals surface area contributed by atoms with Crippen molar-refractivity contribution in [2.45, 2.75) is 45.0 Å². The minimum atomic E-state index is -0.417. The van der Waals surface area contributed by atoms with Gasteiger partial charge < -0.3 is 4.57 Å². The summed E-state index contributed by atoms with van der Waals surface area (Å²) >= 11 is 11.7. The summed E-state index contributed by atoms with van der Waals surface area (Å²) < 4.78 is 15.7. The third-order valence-corrected chi connectivity index (χ3v) is 3.87. The molecule has 0 aliphatic carbocycles. The van der Waals surface area contributed by atoms with Crippen molar-refractivity contribution in [3.8, 4) is 0 Å². The topological polar surface area (TPSA) is 17.8 Å². The Balaban J connectivity index is 2.53. The maximum atomic E-state index is 13.7. The lowest BCUT2D eigenvalue weighted by Gasteiger charge is -2.16. The van der Waals surface area contributed by atoms with Gasteiger partial charge in [-0.05, 0) is 19.4 Å². The second-order valence-electron chi connectivity index (χ2n) is 4.78. The summed E-state index contributed by atoms with van der Waals surface area (Å²) in [6.07, 6.45) is 3.28. The molecule has 19 heavy (non-hydrogen) atoms. The first-order chi connectivity index (χ1) is 9.08. The van der Waals surface area contributed by atoms with Crippen molar-refractivity contribution in [2.75, 3.05) is 0 Å². The first-order valence-electron chi connectivity index (χ1n) is 6.50. The molecule has 1 aromatic carbocycles. The Hall–Kier alpha value is -0.800. The third-order valence-electron chi connectivity index (χ3n) is 3.34. The van der Waals surface area contributed by atoms with Crippen LogP contribution in [-0.4, -0.2) is 9.55 Å². The van der Waals surface area contributed by atoms with E-state index >= 15 is 0 Å². The molecule has 2 aromatic rings. The van der Waals surface area contributed by atoms with Crippen LogP contribution < -0.4 is 0 Å². The van der Waals surface area contributed by atoms with Gasteiger partial charge in [0.05, 0.1) is 21.9 Å². The van der Waals surface area contributed by atoms with Gasteiger partial charge in [-0.2, -0.15) is 0 Å². The summed E-state index contributed by atoms with van der Waals surface area (Å²) in [4.78, 5) is 4.44. The van der Waals surface area contributed by atoms with Gasteiger partial charge in [0.2, 0.25) is 0 Å². The Morgan fingerprint density at radius 2 is 2.16 bits per heavy atom. The van der Waals surface area contributed by atoms with Gasteiger partial charge >= 0.3 is 0 Å². The molecule has 1 heterocycles. The average Bonchev–Trinajstić information content (AvgIpc) is 2.74. The van der Waals surface area contributed by atoms with E-state index in [4.69, 9.17) is 23.2 Å². The summed E-state index contributed by atoms with van der Waals surface area (Å²) in [5.41, 5.74) is 1.46. The van der Waals surface area contributed by atoms with Crippen molar-refractivity contribution < 1.29 is 4.39 Å². The van der Waals surface area contributed by atoms with Crippen molar-refractivity contribution >= 4 is 34.2 Å². The van der Waals surface area contributed by atoms with Crippen LogP contribution in [0.4, 0.5) is 4.39 Å². The van der Waals surface area contributed by atoms with Crippen LogP contribution in [0.5, 0.6) is 0 Å². The molecule has 0 saturated carbocycles. The van der Waals surface area contributed by atoms with Crippen molar-refractivity contribution in [1.82, 2.24) is 9.55 Å². The number of imidazole rings is 1. The molecule has 0 spiro atoms. The molecule has 104 valence electrons. The van der Waals surface area contributed by atoms with Crippen molar-refractivity contribution in [3.63, 3.8) is 0 Å². The number of rotatable bonds is 5. The SMILES string of the molecule is CCCCC(C)n1c(CCl)nc2cc(Cl)c(F)cc21. The summed E-state index contributed by atoms with van der Waals surface area (Å²) in [5, 5.41) is 0.0967. The van der Waals surface area contributed by atoms with Crippen LogP contribution >= 0.6 is 23.2 Å². The van der Waals surface area contributed by atoms with Crippen LogP contribution in [0.1, 0.15) is 45.0 Å². The monoisotopic (exact) mass is 302 g/mol. The summed E-state index contributed by atoms with van der Waals surface area (Å²) in [6.45, 7) is 4.26. The van der Waals surface area contributed by atoms with Gasteiger partial charge in [-0.25, -0.2) is 9.37 Å². The maximum absolute atomic E-state index is 13.7. The van der Waals surface area contributed by atoms with Gasteiger partial charge in [0, 0.05) is 12.1 Å². The maximum Gasteiger partial charge on any atom is 0.144 e. The van der Waals surface area contributed by atoms with E-state index in [-0.39, 0.29) is 11.1 Å². The predicted molar refractivity (Wildman–Crippen MR) is 78.5 cm³/mol. The molecule has 0 bridgehead atoms. The highest BCUT2D eigenvalue weighted by Gasteiger charge is 2.17. The van der Waals surface area contributed by atoms with Crippen LogP contribution in [-0.2, 0) is 5.88 Å². The van der Waals surface area contributed by atoms with Crippen molar-refractivity contribution in [1.29, 1.82) is 0 Å². The molecule has 0 radical (unpaired) electrons. The van der Waals surface area contributed by atoms with Gasteiger partial charge in [0.15, 0.2) is 0 Å². The van der Waals surface area contributed by atoms with Gasteiger partial charge in [0.25, 0.3) is 0 Å². The number of aromatic nitrogens is 2. The van der Waals surface area contributed by atoms with E-state index in [0.717, 1.165) is 30.6 Å². The highest BCUT2D eigenvalue weighted by molar-refractivity contribution is 6.31. The minimum Gasteiger partial charge on any atom is -0.324 e. The molecule has 1 atom stereocenters. The second-order valence-corrected chi connectivity index (χ2v) is 5.45. The quantitative estimate of drug-likeness (QED) is 0.684. The molecule has 5 heteroatoms. The van der Waals surface area contributed by atoms with Gasteiger partial charge in [-0.15, -0.1) is 11.6 Å². The van der Waals surface area contributed by atoms with E-state index < -0.39 is 5.82 Å². The summed E-state index contributed by atoms with van der Waals surface area (Å²) in [5.74, 6) is 0.658. The number of fused-ring (bicyclic) bond motifs is 1. The van der Waals surface area contributed by atoms with Gasteiger partial charge in [-0.1, -0.05) is 31.4 Å². The zero-order valence-electron chi connectivity index (χ0n) is 11.1. The highest BCUT2D eigenvalue weighted by atomic mass is 35.5. The fourth-order valence-electron chi connectivity index (χ4n) is 2.36. The van der Waals surface area contributed by atoms with Crippen LogP contribution in [0.15, 0.2) is 12.1 Å². The third kappa shape index (κ3) is 2.87. The predicted octanol–water partition coefficient (Wildman–Crippen LogP) is 5.32. The Kier molecular flexibility index (Phi) is 4.69. The normalized spacial score (nSPS) is 13.1. The van der Waals surface area contributed by atoms with Crippen molar-refractivity contribution in [3.05, 3.63) is 28.8 Å². The lowest BCUT2D eigenvalue weighted by atomic mass is 10.1. The molecule has 1 unspecified atom stereocenters. The van der Waals surface area contributed by atoms with E-state index in [1.807, 2.05) is 4.57 Å². The zero-order chi connectivity index (χ0) is 14.0. The van der Waals surface area contributed by atoms with E-state index in [2.05, 4.69) is 18.8 Å². The van der Waals surface area contributed by atoms with Gasteiger partial charge in [0.1, 0.15) is 11.6 Å². The lowest BCUT2D eigenvalue weighted by Crippen LogP contribution is -2.08. The number of hydrogen-bond acceptors (Lipinski definition) is 1. The molecule has 1 aromatic heterocycles. The molecule has 2 rings (SSSR count). The molecule has 0 amide bonds. The Bertz CT molecular complexity index is 580. The number of unbranched alkanes of at least 4 members (excludes halogenated alkanes) is 1. The van der Waals surface area contributed by atoms with Gasteiger partial charge in [-0.3, -0.25) is 0 Å². The second kappa shape index (κ2) is 6.10. The first kappa shape index (κ1) is 14.6. The highest BCUT2D eigenvalue weighted by Crippen LogP contribution is 2.28. The fourth-order valence-corrected chi connectivity index (χ4v) is 2.70. The molecular formula is C14H17Cl2FN2. The molecule has 0 aliphatic heterocycles. The standard InChI is InChI=1S/C14H17Cl2FN2/c1-3-4-5-9(2)19-13-7-11(17)10(16)6-12(13)18-14(19)8-15/h6-7,9H,3-5,8H2,1-2H3. The molecule has 0 aliphatic rings. The number of hydrogen-bond donors (Lipinski definition) is 0. The smallest absolute Gasteiger partial charge is 0.144 e. The first-order valence-corrected chi connectivity index (χ1v) is 7.41. The van der Waals surface area contributed by atoms with Crippen LogP contribution in [0.3, 0.4) is 0 Å². The molecule has 0 N–H and O–H groups in total. The Morgan fingerprint density at radius 1 is 1.42 bits per heavy atom. The molecule has 0 saturated heterocycles. The van der Waals surface area contributed by atoms with E-state index in [9.17, 15) is 4.39 Å².